The van der Waals surface area contributed by atoms with Crippen molar-refractivity contribution < 1.29 is 19.8 Å². The van der Waals surface area contributed by atoms with E-state index in [1.807, 2.05) is 0 Å². The second-order valence-corrected chi connectivity index (χ2v) is 2.34. The van der Waals surface area contributed by atoms with Gasteiger partial charge in [-0.25, -0.2) is 0 Å². The summed E-state index contributed by atoms with van der Waals surface area (Å²) < 4.78 is 0. The van der Waals surface area contributed by atoms with E-state index in [0.29, 0.717) is 0 Å². The van der Waals surface area contributed by atoms with Gasteiger partial charge in [-0.15, -0.1) is 0 Å². The van der Waals surface area contributed by atoms with Crippen molar-refractivity contribution in [1.29, 1.82) is 0 Å². The number of aliphatic hydroxyl groups is 1. The van der Waals surface area contributed by atoms with Gasteiger partial charge < -0.3 is 15.9 Å². The minimum Gasteiger partial charge on any atom is -0.480 e. The molecule has 0 bridgehead atoms. The van der Waals surface area contributed by atoms with Gasteiger partial charge in [-0.2, -0.15) is 0 Å². The van der Waals surface area contributed by atoms with E-state index in [0.717, 1.165) is 0 Å². The second-order valence-electron chi connectivity index (χ2n) is 2.34. The van der Waals surface area contributed by atoms with Crippen LogP contribution in [0, 0.1) is 0 Å². The van der Waals surface area contributed by atoms with E-state index in [9.17, 15) is 9.59 Å². The molecule has 64 valence electrons. The lowest BCUT2D eigenvalue weighted by molar-refractivity contribution is -0.141. The third kappa shape index (κ3) is 3.69. The van der Waals surface area contributed by atoms with Crippen LogP contribution < -0.4 is 5.73 Å². The number of aliphatic carboxylic acids is 1. The van der Waals surface area contributed by atoms with E-state index in [2.05, 4.69) is 0 Å². The molecule has 0 saturated heterocycles. The summed E-state index contributed by atoms with van der Waals surface area (Å²) in [5.74, 6) is -1.59. The zero-order valence-corrected chi connectivity index (χ0v) is 6.15. The quantitative estimate of drug-likeness (QED) is 0.477. The molecule has 0 aliphatic rings. The Balaban J connectivity index is 3.92. The van der Waals surface area contributed by atoms with E-state index in [1.54, 1.807) is 0 Å². The molecular weight excluding hydrogens is 150 g/mol. The summed E-state index contributed by atoms with van der Waals surface area (Å²) in [4.78, 5) is 20.5. The Hall–Kier alpha value is -0.940. The molecule has 5 nitrogen and oxygen atoms in total. The van der Waals surface area contributed by atoms with Crippen LogP contribution in [0.2, 0.25) is 0 Å². The monoisotopic (exact) mass is 161 g/mol. The van der Waals surface area contributed by atoms with Crippen LogP contribution in [0.5, 0.6) is 0 Å². The predicted molar refractivity (Wildman–Crippen MR) is 36.9 cm³/mol. The number of nitrogens with two attached hydrogens (primary N) is 1. The first-order valence-electron chi connectivity index (χ1n) is 3.11. The maximum atomic E-state index is 10.4. The van der Waals surface area contributed by atoms with Crippen LogP contribution in [0.1, 0.15) is 13.3 Å². The Morgan fingerprint density at radius 2 is 2.00 bits per heavy atom. The molecule has 0 radical (unpaired) electrons. The minimum atomic E-state index is -1.38. The van der Waals surface area contributed by atoms with Crippen LogP contribution in [0.25, 0.3) is 0 Å². The first-order chi connectivity index (χ1) is 4.95. The third-order valence-electron chi connectivity index (χ3n) is 1.20. The number of carboxylic acid groups (broad SMARTS) is 1. The SMILES string of the molecule is CC(=O)C[C@@H](O)[C@H](N)C(=O)O. The van der Waals surface area contributed by atoms with E-state index in [-0.39, 0.29) is 12.2 Å². The van der Waals surface area contributed by atoms with Gasteiger partial charge in [-0.1, -0.05) is 0 Å². The molecule has 0 aliphatic carbocycles. The average molecular weight is 161 g/mol. The largest absolute Gasteiger partial charge is 0.480 e. The minimum absolute atomic E-state index is 0.215. The molecule has 0 aromatic carbocycles. The fraction of sp³-hybridized carbons (Fsp3) is 0.667. The van der Waals surface area contributed by atoms with Crippen molar-refractivity contribution in [2.24, 2.45) is 5.73 Å². The molecule has 0 spiro atoms. The van der Waals surface area contributed by atoms with E-state index in [1.165, 1.54) is 6.92 Å². The Kier molecular flexibility index (Phi) is 3.70. The van der Waals surface area contributed by atoms with Gasteiger partial charge in [0.15, 0.2) is 0 Å². The Morgan fingerprint density at radius 1 is 1.55 bits per heavy atom. The number of rotatable bonds is 4. The molecule has 0 amide bonds. The van der Waals surface area contributed by atoms with Crippen molar-refractivity contribution in [3.05, 3.63) is 0 Å². The fourth-order valence-corrected chi connectivity index (χ4v) is 0.586. The van der Waals surface area contributed by atoms with Gasteiger partial charge in [0.1, 0.15) is 11.8 Å². The van der Waals surface area contributed by atoms with Crippen molar-refractivity contribution in [2.75, 3.05) is 0 Å². The number of carboxylic acids is 1. The van der Waals surface area contributed by atoms with Gasteiger partial charge in [-0.05, 0) is 6.92 Å². The fourth-order valence-electron chi connectivity index (χ4n) is 0.586. The molecule has 0 heterocycles. The lowest BCUT2D eigenvalue weighted by atomic mass is 10.1. The van der Waals surface area contributed by atoms with Gasteiger partial charge in [0.2, 0.25) is 0 Å². The molecule has 0 rings (SSSR count). The van der Waals surface area contributed by atoms with Crippen LogP contribution in [0.15, 0.2) is 0 Å². The molecule has 0 aromatic rings. The highest BCUT2D eigenvalue weighted by atomic mass is 16.4. The summed E-state index contributed by atoms with van der Waals surface area (Å²) in [6.45, 7) is 1.26. The maximum Gasteiger partial charge on any atom is 0.323 e. The zero-order chi connectivity index (χ0) is 9.02. The summed E-state index contributed by atoms with van der Waals surface area (Å²) in [6, 6.07) is -1.38. The number of hydrogen-bond donors (Lipinski definition) is 3. The standard InChI is InChI=1S/C6H11NO4/c1-3(8)2-4(9)5(7)6(10)11/h4-5,9H,2,7H2,1H3,(H,10,11)/t4-,5+/m1/s1. The average Bonchev–Trinajstić information content (AvgIpc) is 1.84. The summed E-state index contributed by atoms with van der Waals surface area (Å²) in [6.07, 6.45) is -1.50. The second kappa shape index (κ2) is 4.05. The number of carbonyl (C=O) groups excluding carboxylic acids is 1. The normalized spacial score (nSPS) is 15.5. The lowest BCUT2D eigenvalue weighted by Gasteiger charge is -2.12. The molecule has 2 atom stereocenters. The molecule has 11 heavy (non-hydrogen) atoms. The van der Waals surface area contributed by atoms with Crippen molar-refractivity contribution in [3.8, 4) is 0 Å². The number of aliphatic hydroxyl groups excluding tert-OH is 1. The topological polar surface area (TPSA) is 101 Å². The molecule has 0 saturated carbocycles. The number of ketones is 1. The van der Waals surface area contributed by atoms with Crippen LogP contribution in [0.3, 0.4) is 0 Å². The highest BCUT2D eigenvalue weighted by Gasteiger charge is 2.22. The summed E-state index contributed by atoms with van der Waals surface area (Å²) >= 11 is 0. The number of Topliss-reactive ketones (excluding diaryl/α,β-unsaturated/α-hetero) is 1. The molecule has 0 unspecified atom stereocenters. The molecule has 0 fully saturated rings. The first kappa shape index (κ1) is 10.1. The predicted octanol–water partition coefficient (Wildman–Crippen LogP) is -1.26. The van der Waals surface area contributed by atoms with Crippen LogP contribution in [0.4, 0.5) is 0 Å². The molecular formula is C6H11NO4. The van der Waals surface area contributed by atoms with Gasteiger partial charge in [-0.3, -0.25) is 9.59 Å². The Labute approximate surface area is 63.8 Å². The summed E-state index contributed by atoms with van der Waals surface area (Å²) in [5.41, 5.74) is 5.01. The van der Waals surface area contributed by atoms with Crippen molar-refractivity contribution >= 4 is 11.8 Å². The summed E-state index contributed by atoms with van der Waals surface area (Å²) in [7, 11) is 0. The van der Waals surface area contributed by atoms with Crippen LogP contribution in [-0.2, 0) is 9.59 Å². The Bertz CT molecular complexity index is 168. The summed E-state index contributed by atoms with van der Waals surface area (Å²) in [5, 5.41) is 17.2. The van der Waals surface area contributed by atoms with Crippen LogP contribution >= 0.6 is 0 Å². The van der Waals surface area contributed by atoms with Gasteiger partial charge >= 0.3 is 5.97 Å². The van der Waals surface area contributed by atoms with Crippen molar-refractivity contribution in [2.45, 2.75) is 25.5 Å². The highest BCUT2D eigenvalue weighted by Crippen LogP contribution is 1.97. The maximum absolute atomic E-state index is 10.4. The number of hydrogen-bond acceptors (Lipinski definition) is 4. The van der Waals surface area contributed by atoms with E-state index >= 15 is 0 Å². The van der Waals surface area contributed by atoms with Crippen molar-refractivity contribution in [3.63, 3.8) is 0 Å². The molecule has 0 aliphatic heterocycles. The molecule has 5 heteroatoms. The Morgan fingerprint density at radius 3 is 2.27 bits per heavy atom. The van der Waals surface area contributed by atoms with Gasteiger partial charge in [0.25, 0.3) is 0 Å². The first-order valence-corrected chi connectivity index (χ1v) is 3.11. The lowest BCUT2D eigenvalue weighted by Crippen LogP contribution is -2.42. The zero-order valence-electron chi connectivity index (χ0n) is 6.15. The van der Waals surface area contributed by atoms with Crippen molar-refractivity contribution in [1.82, 2.24) is 0 Å². The van der Waals surface area contributed by atoms with E-state index in [4.69, 9.17) is 15.9 Å². The van der Waals surface area contributed by atoms with Gasteiger partial charge in [0.05, 0.1) is 6.10 Å². The van der Waals surface area contributed by atoms with Gasteiger partial charge in [0, 0.05) is 6.42 Å². The highest BCUT2D eigenvalue weighted by molar-refractivity contribution is 5.79. The third-order valence-corrected chi connectivity index (χ3v) is 1.20. The van der Waals surface area contributed by atoms with Crippen LogP contribution in [-0.4, -0.2) is 34.1 Å². The molecule has 0 aromatic heterocycles. The van der Waals surface area contributed by atoms with E-state index < -0.39 is 18.1 Å². The number of carbonyl (C=O) groups is 2. The molecule has 4 N–H and O–H groups in total. The smallest absolute Gasteiger partial charge is 0.323 e.